The number of nitrogens with zero attached hydrogens (tertiary/aromatic N) is 7. The smallest absolute Gasteiger partial charge is 0.163 e. The lowest BCUT2D eigenvalue weighted by Crippen LogP contribution is -2.07. The first-order chi connectivity index (χ1) is 51.5. The molecular formula is C97H65N7. The van der Waals surface area contributed by atoms with Crippen LogP contribution in [0.3, 0.4) is 0 Å². The molecule has 18 aromatic rings. The van der Waals surface area contributed by atoms with Crippen LogP contribution in [-0.2, 0) is 0 Å². The van der Waals surface area contributed by atoms with E-state index in [1.165, 1.54) is 32.8 Å². The molecule has 0 radical (unpaired) electrons. The number of hydrogen-bond acceptors (Lipinski definition) is 5. The molecule has 0 amide bonds. The van der Waals surface area contributed by atoms with Crippen molar-refractivity contribution in [3.05, 3.63) is 382 Å². The van der Waals surface area contributed by atoms with Gasteiger partial charge in [0.25, 0.3) is 0 Å². The molecule has 0 bridgehead atoms. The summed E-state index contributed by atoms with van der Waals surface area (Å²) in [6, 6.07) is 126. The largest absolute Gasteiger partial charge is 0.309 e. The molecule has 7 nitrogen and oxygen atoms in total. The summed E-state index contributed by atoms with van der Waals surface area (Å²) in [4.78, 5) is 26.2. The van der Waals surface area contributed by atoms with Crippen molar-refractivity contribution in [3.63, 3.8) is 0 Å². The van der Waals surface area contributed by atoms with Crippen molar-refractivity contribution >= 4 is 43.6 Å². The second-order valence-corrected chi connectivity index (χ2v) is 26.7. The summed E-state index contributed by atoms with van der Waals surface area (Å²) in [5.74, 6) is 2.79. The van der Waals surface area contributed by atoms with Crippen molar-refractivity contribution in [1.29, 1.82) is 0 Å². The molecule has 14 aromatic carbocycles. The third-order valence-corrected chi connectivity index (χ3v) is 20.3. The van der Waals surface area contributed by atoms with Gasteiger partial charge in [-0.05, 0) is 164 Å². The van der Waals surface area contributed by atoms with E-state index < -0.39 is 0 Å². The first-order valence-electron chi connectivity index (χ1n) is 35.5. The first kappa shape index (κ1) is 61.3. The molecule has 4 aromatic heterocycles. The van der Waals surface area contributed by atoms with E-state index in [0.29, 0.717) is 17.5 Å². The summed E-state index contributed by atoms with van der Waals surface area (Å²) in [5, 5.41) is 4.73. The standard InChI is InChI=1S/C97H65N7/c1-7-26-64(27-8-1)73-52-54-88-84(61-73)92-82(48-24-50-90(92)103(88)80-45-17-6-18-46-80)75-40-21-43-78(58-75)87-63-86(98-94(99-87)66-30-11-3-12-31-66)77-42-20-38-71(57-77)69-36-19-37-70(56-69)72-39-23-47-81(60-72)104-89-55-53-74(65-28-9-2-10-29-65)62-85(89)93-83(49-25-51-91(93)104)76-41-22-44-79(59-76)97-101-95(67-32-13-4-14-33-67)100-96(102-97)68-34-15-5-16-35-68/h1-34,36-63,68H,35H2. The second kappa shape index (κ2) is 26.4. The van der Waals surface area contributed by atoms with Crippen LogP contribution in [0, 0.1) is 0 Å². The van der Waals surface area contributed by atoms with E-state index in [1.807, 2.05) is 24.3 Å². The quantitative estimate of drug-likeness (QED) is 0.108. The monoisotopic (exact) mass is 1330 g/mol. The van der Waals surface area contributed by atoms with Crippen molar-refractivity contribution in [2.45, 2.75) is 12.3 Å². The highest BCUT2D eigenvalue weighted by Crippen LogP contribution is 2.45. The number of para-hydroxylation sites is 1. The lowest BCUT2D eigenvalue weighted by atomic mass is 9.95. The molecule has 19 rings (SSSR count). The Balaban J connectivity index is 0.683. The Morgan fingerprint density at radius 3 is 1.13 bits per heavy atom. The fourth-order valence-electron chi connectivity index (χ4n) is 15.2. The first-order valence-corrected chi connectivity index (χ1v) is 35.5. The Kier molecular flexibility index (Phi) is 15.6. The molecule has 7 heteroatoms. The van der Waals surface area contributed by atoms with Crippen molar-refractivity contribution in [2.75, 3.05) is 0 Å². The predicted molar refractivity (Wildman–Crippen MR) is 430 cm³/mol. The molecular weight excluding hydrogens is 1260 g/mol. The highest BCUT2D eigenvalue weighted by molar-refractivity contribution is 6.18. The summed E-state index contributed by atoms with van der Waals surface area (Å²) in [7, 11) is 0. The van der Waals surface area contributed by atoms with Crippen LogP contribution < -0.4 is 0 Å². The molecule has 1 atom stereocenters. The van der Waals surface area contributed by atoms with Gasteiger partial charge in [0.2, 0.25) is 0 Å². The summed E-state index contributed by atoms with van der Waals surface area (Å²) in [6.07, 6.45) is 9.38. The van der Waals surface area contributed by atoms with Crippen LogP contribution >= 0.6 is 0 Å². The van der Waals surface area contributed by atoms with Crippen LogP contribution in [0.4, 0.5) is 0 Å². The van der Waals surface area contributed by atoms with Crippen molar-refractivity contribution in [1.82, 2.24) is 34.1 Å². The normalized spacial score (nSPS) is 12.8. The van der Waals surface area contributed by atoms with Crippen LogP contribution in [0.25, 0.3) is 178 Å². The van der Waals surface area contributed by atoms with Gasteiger partial charge in [0.05, 0.1) is 33.5 Å². The molecule has 1 unspecified atom stereocenters. The Bertz CT molecular complexity index is 6370. The zero-order valence-corrected chi connectivity index (χ0v) is 56.7. The van der Waals surface area contributed by atoms with Gasteiger partial charge in [0, 0.05) is 66.7 Å². The second-order valence-electron chi connectivity index (χ2n) is 26.7. The molecule has 0 spiro atoms. The number of aromatic nitrogens is 7. The van der Waals surface area contributed by atoms with Crippen LogP contribution in [0.2, 0.25) is 0 Å². The van der Waals surface area contributed by atoms with E-state index >= 15 is 0 Å². The molecule has 1 aliphatic carbocycles. The zero-order chi connectivity index (χ0) is 68.9. The molecule has 104 heavy (non-hydrogen) atoms. The van der Waals surface area contributed by atoms with Gasteiger partial charge in [-0.15, -0.1) is 0 Å². The van der Waals surface area contributed by atoms with Gasteiger partial charge in [0.15, 0.2) is 17.5 Å². The highest BCUT2D eigenvalue weighted by Gasteiger charge is 2.23. The van der Waals surface area contributed by atoms with Gasteiger partial charge in [-0.1, -0.05) is 285 Å². The fraction of sp³-hybridized carbons (Fsp3) is 0.0206. The average molecular weight is 1330 g/mol. The van der Waals surface area contributed by atoms with Crippen molar-refractivity contribution in [3.8, 4) is 135 Å². The predicted octanol–water partition coefficient (Wildman–Crippen LogP) is 24.8. The van der Waals surface area contributed by atoms with Gasteiger partial charge in [-0.2, -0.15) is 0 Å². The molecule has 0 aliphatic heterocycles. The van der Waals surface area contributed by atoms with Crippen LogP contribution in [0.5, 0.6) is 0 Å². The minimum absolute atomic E-state index is 0.0516. The Morgan fingerprint density at radius 1 is 0.240 bits per heavy atom. The zero-order valence-electron chi connectivity index (χ0n) is 56.7. The van der Waals surface area contributed by atoms with Gasteiger partial charge >= 0.3 is 0 Å². The molecule has 4 heterocycles. The van der Waals surface area contributed by atoms with E-state index in [9.17, 15) is 0 Å². The maximum absolute atomic E-state index is 5.37. The molecule has 0 saturated heterocycles. The van der Waals surface area contributed by atoms with Gasteiger partial charge in [0.1, 0.15) is 5.82 Å². The third-order valence-electron chi connectivity index (χ3n) is 20.3. The summed E-state index contributed by atoms with van der Waals surface area (Å²) >= 11 is 0. The van der Waals surface area contributed by atoms with Gasteiger partial charge in [-0.3, -0.25) is 0 Å². The number of benzene rings is 14. The highest BCUT2D eigenvalue weighted by atomic mass is 15.0. The van der Waals surface area contributed by atoms with Crippen molar-refractivity contribution in [2.24, 2.45) is 0 Å². The SMILES string of the molecule is C1=CCC(c2nc(-c3ccccc3)nc(-c3cccc(-c4cccc5c4c4cc(-c6ccccc6)ccc4n5-c4cccc(-c5cccc(-c6cccc(-c7cc(-c8cccc(-c9cccc%10c9c9cc(-c%11ccccc%11)ccc9n%10-c9ccccc9)c8)nc(-c8ccccc8)n7)c6)c5)c4)c3)n2)C=C1. The van der Waals surface area contributed by atoms with E-state index in [2.05, 4.69) is 361 Å². The lowest BCUT2D eigenvalue weighted by Gasteiger charge is -2.15. The fourth-order valence-corrected chi connectivity index (χ4v) is 15.2. The number of rotatable bonds is 14. The Labute approximate surface area is 603 Å². The maximum Gasteiger partial charge on any atom is 0.163 e. The van der Waals surface area contributed by atoms with Crippen LogP contribution in [-0.4, -0.2) is 34.1 Å². The molecule has 0 saturated carbocycles. The van der Waals surface area contributed by atoms with E-state index in [4.69, 9.17) is 24.9 Å². The average Bonchev–Trinajstić information content (AvgIpc) is 1.58. The van der Waals surface area contributed by atoms with E-state index in [1.54, 1.807) is 0 Å². The number of allylic oxidation sites excluding steroid dienone is 4. The number of fused-ring (bicyclic) bond motifs is 6. The van der Waals surface area contributed by atoms with Crippen LogP contribution in [0.1, 0.15) is 18.2 Å². The third kappa shape index (κ3) is 11.4. The Hall–Kier alpha value is -13.8. The minimum atomic E-state index is 0.0516. The molecule has 1 aliphatic rings. The van der Waals surface area contributed by atoms with E-state index in [-0.39, 0.29) is 5.92 Å². The summed E-state index contributed by atoms with van der Waals surface area (Å²) in [5.41, 5.74) is 26.8. The molecule has 488 valence electrons. The molecule has 0 fully saturated rings. The van der Waals surface area contributed by atoms with E-state index in [0.717, 1.165) is 140 Å². The van der Waals surface area contributed by atoms with Gasteiger partial charge in [-0.25, -0.2) is 24.9 Å². The van der Waals surface area contributed by atoms with Gasteiger partial charge < -0.3 is 9.13 Å². The molecule has 0 N–H and O–H groups in total. The Morgan fingerprint density at radius 2 is 0.615 bits per heavy atom. The summed E-state index contributed by atoms with van der Waals surface area (Å²) in [6.45, 7) is 0. The maximum atomic E-state index is 5.37. The van der Waals surface area contributed by atoms with Crippen LogP contribution in [0.15, 0.2) is 376 Å². The number of hydrogen-bond donors (Lipinski definition) is 0. The lowest BCUT2D eigenvalue weighted by molar-refractivity contribution is 0.764. The van der Waals surface area contributed by atoms with Crippen molar-refractivity contribution < 1.29 is 0 Å². The minimum Gasteiger partial charge on any atom is -0.309 e. The topological polar surface area (TPSA) is 74.3 Å². The summed E-state index contributed by atoms with van der Waals surface area (Å²) < 4.78 is 4.83.